The van der Waals surface area contributed by atoms with E-state index in [9.17, 15) is 14.0 Å². The van der Waals surface area contributed by atoms with E-state index in [0.29, 0.717) is 12.1 Å². The summed E-state index contributed by atoms with van der Waals surface area (Å²) in [6.07, 6.45) is 2.96. The van der Waals surface area contributed by atoms with Gasteiger partial charge in [-0.15, -0.1) is 0 Å². The van der Waals surface area contributed by atoms with Gasteiger partial charge in [0.1, 0.15) is 11.6 Å². The van der Waals surface area contributed by atoms with Crippen LogP contribution in [0.5, 0.6) is 5.75 Å². The lowest BCUT2D eigenvalue weighted by atomic mass is 10.2. The normalized spacial score (nSPS) is 10.5. The van der Waals surface area contributed by atoms with E-state index in [2.05, 4.69) is 5.32 Å². The molecule has 0 fully saturated rings. The standard InChI is InChI=1S/C14H16FNO4/c1-2-5-16-13(17)9-20-12-7-10(3-4-14(18)19)6-11(15)8-12/h3-4,6-8H,2,5,9H2,1H3,(H,16,17)(H,18,19)/b4-3+. The average molecular weight is 281 g/mol. The van der Waals surface area contributed by atoms with Gasteiger partial charge in [-0.3, -0.25) is 4.79 Å². The zero-order valence-corrected chi connectivity index (χ0v) is 11.1. The molecule has 108 valence electrons. The van der Waals surface area contributed by atoms with E-state index in [4.69, 9.17) is 9.84 Å². The van der Waals surface area contributed by atoms with Crippen molar-refractivity contribution in [2.45, 2.75) is 13.3 Å². The summed E-state index contributed by atoms with van der Waals surface area (Å²) >= 11 is 0. The number of carboxylic acids is 1. The molecule has 1 rings (SSSR count). The molecule has 0 aliphatic rings. The number of amides is 1. The second kappa shape index (κ2) is 7.93. The molecule has 20 heavy (non-hydrogen) atoms. The number of rotatable bonds is 7. The fraction of sp³-hybridized carbons (Fsp3) is 0.286. The minimum absolute atomic E-state index is 0.168. The van der Waals surface area contributed by atoms with Crippen LogP contribution in [0, 0.1) is 5.82 Å². The Morgan fingerprint density at radius 3 is 2.80 bits per heavy atom. The molecule has 0 heterocycles. The van der Waals surface area contributed by atoms with E-state index < -0.39 is 11.8 Å². The number of carbonyl (C=O) groups excluding carboxylic acids is 1. The number of carbonyl (C=O) groups is 2. The van der Waals surface area contributed by atoms with Crippen molar-refractivity contribution >= 4 is 18.0 Å². The number of carboxylic acid groups (broad SMARTS) is 1. The number of benzene rings is 1. The molecule has 0 saturated heterocycles. The van der Waals surface area contributed by atoms with E-state index in [1.54, 1.807) is 0 Å². The van der Waals surface area contributed by atoms with Gasteiger partial charge < -0.3 is 15.2 Å². The Bertz CT molecular complexity index is 514. The second-order valence-electron chi connectivity index (χ2n) is 4.03. The number of nitrogens with one attached hydrogen (secondary N) is 1. The molecule has 0 spiro atoms. The van der Waals surface area contributed by atoms with Crippen molar-refractivity contribution in [2.75, 3.05) is 13.2 Å². The lowest BCUT2D eigenvalue weighted by molar-refractivity contribution is -0.131. The zero-order valence-electron chi connectivity index (χ0n) is 11.1. The summed E-state index contributed by atoms with van der Waals surface area (Å²) in [5.74, 6) is -1.82. The molecule has 1 aromatic rings. The first kappa shape index (κ1) is 15.7. The molecule has 5 nitrogen and oxygen atoms in total. The summed E-state index contributed by atoms with van der Waals surface area (Å²) in [5, 5.41) is 11.1. The van der Waals surface area contributed by atoms with Gasteiger partial charge in [-0.25, -0.2) is 9.18 Å². The molecule has 0 atom stereocenters. The first-order chi connectivity index (χ1) is 9.51. The van der Waals surface area contributed by atoms with Crippen molar-refractivity contribution in [1.29, 1.82) is 0 Å². The number of ether oxygens (including phenoxy) is 1. The molecule has 6 heteroatoms. The average Bonchev–Trinajstić information content (AvgIpc) is 2.40. The van der Waals surface area contributed by atoms with E-state index in [-0.39, 0.29) is 18.3 Å². The molecule has 0 saturated carbocycles. The highest BCUT2D eigenvalue weighted by molar-refractivity contribution is 5.85. The van der Waals surface area contributed by atoms with Crippen LogP contribution in [0.25, 0.3) is 6.08 Å². The Labute approximate surface area is 116 Å². The van der Waals surface area contributed by atoms with E-state index in [1.165, 1.54) is 18.2 Å². The second-order valence-corrected chi connectivity index (χ2v) is 4.03. The van der Waals surface area contributed by atoms with Gasteiger partial charge in [-0.2, -0.15) is 0 Å². The maximum atomic E-state index is 13.3. The summed E-state index contributed by atoms with van der Waals surface area (Å²) in [5.41, 5.74) is 0.344. The molecule has 2 N–H and O–H groups in total. The summed E-state index contributed by atoms with van der Waals surface area (Å²) in [7, 11) is 0. The Balaban J connectivity index is 2.66. The van der Waals surface area contributed by atoms with Crippen LogP contribution in [0.2, 0.25) is 0 Å². The molecule has 0 radical (unpaired) electrons. The summed E-state index contributed by atoms with van der Waals surface area (Å²) in [4.78, 5) is 21.7. The Morgan fingerprint density at radius 2 is 2.15 bits per heavy atom. The first-order valence-corrected chi connectivity index (χ1v) is 6.12. The van der Waals surface area contributed by atoms with Gasteiger partial charge in [0.25, 0.3) is 5.91 Å². The fourth-order valence-electron chi connectivity index (χ4n) is 1.40. The topological polar surface area (TPSA) is 75.6 Å². The number of aliphatic carboxylic acids is 1. The van der Waals surface area contributed by atoms with Crippen LogP contribution in [0.4, 0.5) is 4.39 Å². The van der Waals surface area contributed by atoms with Crippen molar-refractivity contribution in [2.24, 2.45) is 0 Å². The predicted molar refractivity (Wildman–Crippen MR) is 71.9 cm³/mol. The third-order valence-electron chi connectivity index (χ3n) is 2.25. The Hall–Kier alpha value is -2.37. The molecular formula is C14H16FNO4. The largest absolute Gasteiger partial charge is 0.484 e. The highest BCUT2D eigenvalue weighted by Crippen LogP contribution is 2.17. The van der Waals surface area contributed by atoms with Crippen LogP contribution < -0.4 is 10.1 Å². The fourth-order valence-corrected chi connectivity index (χ4v) is 1.40. The van der Waals surface area contributed by atoms with Crippen molar-refractivity contribution in [3.63, 3.8) is 0 Å². The van der Waals surface area contributed by atoms with Gasteiger partial charge in [0.05, 0.1) is 0 Å². The molecule has 0 aliphatic heterocycles. The van der Waals surface area contributed by atoms with Gasteiger partial charge in [0.2, 0.25) is 0 Å². The molecule has 0 bridgehead atoms. The molecule has 1 amide bonds. The Morgan fingerprint density at radius 1 is 1.40 bits per heavy atom. The van der Waals surface area contributed by atoms with Gasteiger partial charge in [0.15, 0.2) is 6.61 Å². The van der Waals surface area contributed by atoms with Gasteiger partial charge >= 0.3 is 5.97 Å². The third-order valence-corrected chi connectivity index (χ3v) is 2.25. The maximum absolute atomic E-state index is 13.3. The van der Waals surface area contributed by atoms with Crippen LogP contribution in [-0.4, -0.2) is 30.1 Å². The van der Waals surface area contributed by atoms with Crippen LogP contribution in [0.3, 0.4) is 0 Å². The van der Waals surface area contributed by atoms with Crippen LogP contribution in [0.15, 0.2) is 24.3 Å². The summed E-state index contributed by atoms with van der Waals surface area (Å²) in [6, 6.07) is 3.75. The number of halogens is 1. The minimum atomic E-state index is -1.13. The molecule has 0 unspecified atom stereocenters. The first-order valence-electron chi connectivity index (χ1n) is 6.12. The lowest BCUT2D eigenvalue weighted by Crippen LogP contribution is -2.29. The van der Waals surface area contributed by atoms with Crippen molar-refractivity contribution < 1.29 is 23.8 Å². The van der Waals surface area contributed by atoms with Crippen molar-refractivity contribution in [1.82, 2.24) is 5.32 Å². The van der Waals surface area contributed by atoms with E-state index in [0.717, 1.165) is 18.6 Å². The van der Waals surface area contributed by atoms with Gasteiger partial charge in [-0.05, 0) is 30.2 Å². The maximum Gasteiger partial charge on any atom is 0.328 e. The third kappa shape index (κ3) is 5.99. The smallest absolute Gasteiger partial charge is 0.328 e. The number of hydrogen-bond donors (Lipinski definition) is 2. The zero-order chi connectivity index (χ0) is 15.0. The lowest BCUT2D eigenvalue weighted by Gasteiger charge is -2.07. The van der Waals surface area contributed by atoms with E-state index in [1.807, 2.05) is 6.92 Å². The molecule has 0 aliphatic carbocycles. The minimum Gasteiger partial charge on any atom is -0.484 e. The molecular weight excluding hydrogens is 265 g/mol. The van der Waals surface area contributed by atoms with Crippen LogP contribution >= 0.6 is 0 Å². The quantitative estimate of drug-likeness (QED) is 0.748. The van der Waals surface area contributed by atoms with Crippen molar-refractivity contribution in [3.8, 4) is 5.75 Å². The van der Waals surface area contributed by atoms with Crippen LogP contribution in [0.1, 0.15) is 18.9 Å². The molecule has 1 aromatic carbocycles. The highest BCUT2D eigenvalue weighted by Gasteiger charge is 2.04. The predicted octanol–water partition coefficient (Wildman–Crippen LogP) is 1.83. The van der Waals surface area contributed by atoms with E-state index >= 15 is 0 Å². The van der Waals surface area contributed by atoms with Gasteiger partial charge in [-0.1, -0.05) is 6.92 Å². The highest BCUT2D eigenvalue weighted by atomic mass is 19.1. The monoisotopic (exact) mass is 281 g/mol. The summed E-state index contributed by atoms with van der Waals surface area (Å²) in [6.45, 7) is 2.26. The van der Waals surface area contributed by atoms with Crippen LogP contribution in [-0.2, 0) is 9.59 Å². The number of hydrogen-bond acceptors (Lipinski definition) is 3. The SMILES string of the molecule is CCCNC(=O)COc1cc(F)cc(/C=C/C(=O)O)c1. The Kier molecular flexibility index (Phi) is 6.22. The summed E-state index contributed by atoms with van der Waals surface area (Å²) < 4.78 is 18.5. The van der Waals surface area contributed by atoms with Crippen molar-refractivity contribution in [3.05, 3.63) is 35.7 Å². The van der Waals surface area contributed by atoms with Gasteiger partial charge in [0, 0.05) is 18.7 Å². The molecule has 0 aromatic heterocycles.